The van der Waals surface area contributed by atoms with Crippen molar-refractivity contribution in [1.29, 1.82) is 0 Å². The third-order valence-corrected chi connectivity index (χ3v) is 4.50. The lowest BCUT2D eigenvalue weighted by molar-refractivity contribution is -0.121. The van der Waals surface area contributed by atoms with Crippen molar-refractivity contribution in [2.24, 2.45) is 5.92 Å². The number of carbonyl (C=O) groups is 1. The van der Waals surface area contributed by atoms with E-state index in [9.17, 15) is 4.79 Å². The van der Waals surface area contributed by atoms with Gasteiger partial charge in [0, 0.05) is 18.0 Å². The van der Waals surface area contributed by atoms with Crippen LogP contribution in [0.2, 0.25) is 10.0 Å². The number of ether oxygens (including phenoxy) is 1. The van der Waals surface area contributed by atoms with Crippen molar-refractivity contribution in [3.8, 4) is 5.75 Å². The van der Waals surface area contributed by atoms with Crippen molar-refractivity contribution in [2.75, 3.05) is 26.2 Å². The highest BCUT2D eigenvalue weighted by Gasteiger charge is 2.12. The maximum atomic E-state index is 11.8. The fourth-order valence-corrected chi connectivity index (χ4v) is 3.14. The minimum absolute atomic E-state index is 0.0829. The first-order valence-corrected chi connectivity index (χ1v) is 8.96. The van der Waals surface area contributed by atoms with Crippen molar-refractivity contribution in [1.82, 2.24) is 10.6 Å². The second-order valence-corrected chi connectivity index (χ2v) is 6.72. The molecule has 0 saturated carbocycles. The van der Waals surface area contributed by atoms with E-state index in [1.54, 1.807) is 18.2 Å². The summed E-state index contributed by atoms with van der Waals surface area (Å²) in [6.07, 6.45) is 4.68. The summed E-state index contributed by atoms with van der Waals surface area (Å²) in [4.78, 5) is 11.8. The Labute approximate surface area is 147 Å². The van der Waals surface area contributed by atoms with Gasteiger partial charge in [0.15, 0.2) is 0 Å². The van der Waals surface area contributed by atoms with Gasteiger partial charge < -0.3 is 15.4 Å². The fourth-order valence-electron chi connectivity index (χ4n) is 2.68. The van der Waals surface area contributed by atoms with Crippen LogP contribution in [-0.2, 0) is 4.79 Å². The van der Waals surface area contributed by atoms with Crippen LogP contribution in [0.5, 0.6) is 5.75 Å². The van der Waals surface area contributed by atoms with Crippen LogP contribution in [0.4, 0.5) is 0 Å². The Bertz CT molecular complexity index is 505. The number of hydrogen-bond donors (Lipinski definition) is 2. The average molecular weight is 359 g/mol. The lowest BCUT2D eigenvalue weighted by atomic mass is 9.96. The van der Waals surface area contributed by atoms with Gasteiger partial charge in [0.1, 0.15) is 5.75 Å². The lowest BCUT2D eigenvalue weighted by Crippen LogP contribution is -2.33. The molecule has 1 fully saturated rings. The van der Waals surface area contributed by atoms with E-state index in [1.807, 2.05) is 0 Å². The first kappa shape index (κ1) is 18.4. The molecule has 1 atom stereocenters. The lowest BCUT2D eigenvalue weighted by Gasteiger charge is -2.22. The highest BCUT2D eigenvalue weighted by molar-refractivity contribution is 6.35. The number of benzene rings is 1. The summed E-state index contributed by atoms with van der Waals surface area (Å²) in [6, 6.07) is 5.11. The van der Waals surface area contributed by atoms with Crippen LogP contribution < -0.4 is 15.4 Å². The van der Waals surface area contributed by atoms with Crippen molar-refractivity contribution in [3.63, 3.8) is 0 Å². The third kappa shape index (κ3) is 6.98. The van der Waals surface area contributed by atoms with Gasteiger partial charge in [-0.3, -0.25) is 4.79 Å². The average Bonchev–Trinajstić information content (AvgIpc) is 2.54. The topological polar surface area (TPSA) is 50.4 Å². The zero-order valence-corrected chi connectivity index (χ0v) is 14.8. The molecule has 0 aliphatic carbocycles. The molecule has 1 aromatic carbocycles. The predicted molar refractivity (Wildman–Crippen MR) is 94.4 cm³/mol. The maximum Gasteiger partial charge on any atom is 0.220 e. The van der Waals surface area contributed by atoms with Gasteiger partial charge in [0.25, 0.3) is 0 Å². The molecule has 0 aromatic heterocycles. The van der Waals surface area contributed by atoms with Crippen molar-refractivity contribution in [2.45, 2.75) is 32.1 Å². The van der Waals surface area contributed by atoms with Gasteiger partial charge >= 0.3 is 0 Å². The molecule has 6 heteroatoms. The van der Waals surface area contributed by atoms with Crippen LogP contribution in [0, 0.1) is 5.92 Å². The highest BCUT2D eigenvalue weighted by Crippen LogP contribution is 2.27. The number of hydrogen-bond acceptors (Lipinski definition) is 3. The molecule has 0 bridgehead atoms. The number of rotatable bonds is 8. The third-order valence-electron chi connectivity index (χ3n) is 3.97. The summed E-state index contributed by atoms with van der Waals surface area (Å²) in [5.74, 6) is 1.38. The van der Waals surface area contributed by atoms with E-state index >= 15 is 0 Å². The van der Waals surface area contributed by atoms with E-state index in [-0.39, 0.29) is 5.91 Å². The molecular formula is C17H24Cl2N2O2. The minimum atomic E-state index is 0.0829. The van der Waals surface area contributed by atoms with Crippen molar-refractivity contribution < 1.29 is 9.53 Å². The second-order valence-electron chi connectivity index (χ2n) is 5.88. The molecule has 1 aliphatic heterocycles. The molecular weight excluding hydrogens is 335 g/mol. The number of amides is 1. The number of halogens is 2. The maximum absolute atomic E-state index is 11.8. The molecule has 1 unspecified atom stereocenters. The standard InChI is InChI=1S/C17H24Cl2N2O2/c18-14-5-6-16(15(19)11-14)23-10-2-4-17(22)21-9-7-13-3-1-8-20-12-13/h5-6,11,13,20H,1-4,7-10,12H2,(H,21,22). The van der Waals surface area contributed by atoms with Crippen molar-refractivity contribution >= 4 is 29.1 Å². The van der Waals surface area contributed by atoms with E-state index in [1.165, 1.54) is 12.8 Å². The Hall–Kier alpha value is -0.970. The second kappa shape index (κ2) is 10.0. The zero-order chi connectivity index (χ0) is 16.5. The summed E-state index contributed by atoms with van der Waals surface area (Å²) in [5.41, 5.74) is 0. The molecule has 1 aliphatic rings. The van der Waals surface area contributed by atoms with Crippen LogP contribution in [0.25, 0.3) is 0 Å². The van der Waals surface area contributed by atoms with Crippen LogP contribution >= 0.6 is 23.2 Å². The zero-order valence-electron chi connectivity index (χ0n) is 13.2. The van der Waals surface area contributed by atoms with Gasteiger partial charge in [0.2, 0.25) is 5.91 Å². The SMILES string of the molecule is O=C(CCCOc1ccc(Cl)cc1Cl)NCCC1CCCNC1. The van der Waals surface area contributed by atoms with Gasteiger partial charge in [-0.15, -0.1) is 0 Å². The van der Waals surface area contributed by atoms with E-state index in [0.29, 0.717) is 41.2 Å². The monoisotopic (exact) mass is 358 g/mol. The van der Waals surface area contributed by atoms with Gasteiger partial charge in [-0.05, 0) is 62.9 Å². The van der Waals surface area contributed by atoms with Gasteiger partial charge in [-0.2, -0.15) is 0 Å². The first-order valence-electron chi connectivity index (χ1n) is 8.20. The molecule has 1 aromatic rings. The van der Waals surface area contributed by atoms with Crippen LogP contribution in [0.1, 0.15) is 32.1 Å². The van der Waals surface area contributed by atoms with Crippen LogP contribution in [0.3, 0.4) is 0 Å². The predicted octanol–water partition coefficient (Wildman–Crippen LogP) is 3.66. The molecule has 1 heterocycles. The summed E-state index contributed by atoms with van der Waals surface area (Å²) in [5, 5.41) is 7.44. The van der Waals surface area contributed by atoms with Crippen molar-refractivity contribution in [3.05, 3.63) is 28.2 Å². The molecule has 2 N–H and O–H groups in total. The smallest absolute Gasteiger partial charge is 0.220 e. The molecule has 2 rings (SSSR count). The molecule has 1 amide bonds. The summed E-state index contributed by atoms with van der Waals surface area (Å²) >= 11 is 11.8. The van der Waals surface area contributed by atoms with Gasteiger partial charge in [0.05, 0.1) is 11.6 Å². The first-order chi connectivity index (χ1) is 11.1. The summed E-state index contributed by atoms with van der Waals surface area (Å²) < 4.78 is 5.56. The molecule has 1 saturated heterocycles. The highest BCUT2D eigenvalue weighted by atomic mass is 35.5. The summed E-state index contributed by atoms with van der Waals surface area (Å²) in [6.45, 7) is 3.42. The number of carbonyl (C=O) groups excluding carboxylic acids is 1. The largest absolute Gasteiger partial charge is 0.492 e. The minimum Gasteiger partial charge on any atom is -0.492 e. The molecule has 0 spiro atoms. The van der Waals surface area contributed by atoms with Crippen LogP contribution in [0.15, 0.2) is 18.2 Å². The number of piperidine rings is 1. The normalized spacial score (nSPS) is 17.7. The van der Waals surface area contributed by atoms with Crippen LogP contribution in [-0.4, -0.2) is 32.1 Å². The fraction of sp³-hybridized carbons (Fsp3) is 0.588. The molecule has 4 nitrogen and oxygen atoms in total. The quantitative estimate of drug-likeness (QED) is 0.697. The molecule has 0 radical (unpaired) electrons. The Kier molecular flexibility index (Phi) is 8.00. The Morgan fingerprint density at radius 2 is 2.26 bits per heavy atom. The van der Waals surface area contributed by atoms with E-state index < -0.39 is 0 Å². The molecule has 23 heavy (non-hydrogen) atoms. The van der Waals surface area contributed by atoms with Gasteiger partial charge in [-0.25, -0.2) is 0 Å². The van der Waals surface area contributed by atoms with Gasteiger partial charge in [-0.1, -0.05) is 23.2 Å². The van der Waals surface area contributed by atoms with E-state index in [4.69, 9.17) is 27.9 Å². The Balaban J connectivity index is 1.54. The van der Waals surface area contributed by atoms with E-state index in [0.717, 1.165) is 26.1 Å². The number of nitrogens with one attached hydrogen (secondary N) is 2. The Morgan fingerprint density at radius 3 is 3.00 bits per heavy atom. The molecule has 128 valence electrons. The summed E-state index contributed by atoms with van der Waals surface area (Å²) in [7, 11) is 0. The van der Waals surface area contributed by atoms with E-state index in [2.05, 4.69) is 10.6 Å². The Morgan fingerprint density at radius 1 is 1.39 bits per heavy atom.